The lowest BCUT2D eigenvalue weighted by molar-refractivity contribution is 0.147. The van der Waals surface area contributed by atoms with Crippen molar-refractivity contribution in [2.45, 2.75) is 12.6 Å². The molecular formula is C9H13NO. The largest absolute Gasteiger partial charge is 0.378 e. The van der Waals surface area contributed by atoms with E-state index in [1.165, 1.54) is 0 Å². The number of aliphatic hydroxyl groups excluding tert-OH is 1. The molecule has 0 radical (unpaired) electrons. The Morgan fingerprint density at radius 1 is 1.36 bits per heavy atom. The number of benzene rings is 1. The summed E-state index contributed by atoms with van der Waals surface area (Å²) < 4.78 is 0. The van der Waals surface area contributed by atoms with Crippen LogP contribution in [-0.4, -0.2) is 18.4 Å². The van der Waals surface area contributed by atoms with Gasteiger partial charge in [0, 0.05) is 6.42 Å². The molecule has 0 aliphatic rings. The highest BCUT2D eigenvalue weighted by Crippen LogP contribution is 2.00. The molecule has 11 heavy (non-hydrogen) atoms. The molecule has 1 aromatic carbocycles. The molecule has 0 aromatic heterocycles. The predicted octanol–water partition coefficient (Wildman–Crippen LogP) is 0.767. The van der Waals surface area contributed by atoms with Crippen LogP contribution in [0.2, 0.25) is 0 Å². The van der Waals surface area contributed by atoms with E-state index in [-0.39, 0.29) is 0 Å². The summed E-state index contributed by atoms with van der Waals surface area (Å²) in [7, 11) is 1.74. The average molecular weight is 151 g/mol. The smallest absolute Gasteiger partial charge is 0.108 e. The molecule has 0 aliphatic heterocycles. The monoisotopic (exact) mass is 151 g/mol. The molecule has 1 rings (SSSR count). The standard InChI is InChI=1S/C9H13NO/c1-10-9(11)7-8-5-3-2-4-6-8/h2-6,9-11H,7H2,1H3. The summed E-state index contributed by atoms with van der Waals surface area (Å²) in [5.41, 5.74) is 1.15. The van der Waals surface area contributed by atoms with E-state index in [0.29, 0.717) is 6.42 Å². The highest BCUT2D eigenvalue weighted by Gasteiger charge is 1.99. The lowest BCUT2D eigenvalue weighted by Gasteiger charge is -2.07. The van der Waals surface area contributed by atoms with Crippen LogP contribution in [0.4, 0.5) is 0 Å². The van der Waals surface area contributed by atoms with Crippen LogP contribution in [0.15, 0.2) is 30.3 Å². The average Bonchev–Trinajstić information content (AvgIpc) is 2.06. The third-order valence-corrected chi connectivity index (χ3v) is 1.61. The molecular weight excluding hydrogens is 138 g/mol. The summed E-state index contributed by atoms with van der Waals surface area (Å²) in [5, 5.41) is 12.0. The van der Waals surface area contributed by atoms with Gasteiger partial charge in [-0.05, 0) is 12.6 Å². The zero-order chi connectivity index (χ0) is 8.10. The number of aliphatic hydroxyl groups is 1. The highest BCUT2D eigenvalue weighted by atomic mass is 16.3. The van der Waals surface area contributed by atoms with Crippen molar-refractivity contribution >= 4 is 0 Å². The number of likely N-dealkylation sites (N-methyl/N-ethyl adjacent to an activating group) is 1. The first-order valence-corrected chi connectivity index (χ1v) is 3.72. The molecule has 60 valence electrons. The van der Waals surface area contributed by atoms with Gasteiger partial charge in [-0.1, -0.05) is 30.3 Å². The molecule has 0 heterocycles. The van der Waals surface area contributed by atoms with Crippen LogP contribution in [0.1, 0.15) is 5.56 Å². The lowest BCUT2D eigenvalue weighted by atomic mass is 10.1. The number of nitrogens with one attached hydrogen (secondary N) is 1. The minimum Gasteiger partial charge on any atom is -0.378 e. The molecule has 2 heteroatoms. The van der Waals surface area contributed by atoms with Crippen LogP contribution >= 0.6 is 0 Å². The number of hydrogen-bond acceptors (Lipinski definition) is 2. The van der Waals surface area contributed by atoms with Gasteiger partial charge in [0.1, 0.15) is 6.23 Å². The molecule has 0 amide bonds. The van der Waals surface area contributed by atoms with Crippen molar-refractivity contribution < 1.29 is 5.11 Å². The molecule has 0 bridgehead atoms. The number of rotatable bonds is 3. The maximum absolute atomic E-state index is 9.20. The quantitative estimate of drug-likeness (QED) is 0.625. The Kier molecular flexibility index (Phi) is 3.08. The Bertz CT molecular complexity index is 198. The van der Waals surface area contributed by atoms with E-state index in [0.717, 1.165) is 5.56 Å². The van der Waals surface area contributed by atoms with Crippen molar-refractivity contribution in [1.29, 1.82) is 0 Å². The summed E-state index contributed by atoms with van der Waals surface area (Å²) in [5.74, 6) is 0. The SMILES string of the molecule is CNC(O)Cc1ccccc1. The van der Waals surface area contributed by atoms with E-state index in [2.05, 4.69) is 5.32 Å². The van der Waals surface area contributed by atoms with E-state index in [1.54, 1.807) is 7.05 Å². The minimum absolute atomic E-state index is 0.433. The van der Waals surface area contributed by atoms with Gasteiger partial charge in [-0.2, -0.15) is 0 Å². The van der Waals surface area contributed by atoms with Gasteiger partial charge in [0.2, 0.25) is 0 Å². The number of hydrogen-bond donors (Lipinski definition) is 2. The first kappa shape index (κ1) is 8.24. The van der Waals surface area contributed by atoms with Crippen LogP contribution in [0, 0.1) is 0 Å². The second kappa shape index (κ2) is 4.11. The van der Waals surface area contributed by atoms with Crippen molar-refractivity contribution in [3.8, 4) is 0 Å². The molecule has 1 atom stereocenters. The van der Waals surface area contributed by atoms with Gasteiger partial charge in [-0.3, -0.25) is 5.32 Å². The molecule has 0 saturated heterocycles. The first-order chi connectivity index (χ1) is 5.33. The topological polar surface area (TPSA) is 32.3 Å². The molecule has 0 fully saturated rings. The van der Waals surface area contributed by atoms with E-state index in [9.17, 15) is 5.11 Å². The van der Waals surface area contributed by atoms with E-state index in [4.69, 9.17) is 0 Å². The molecule has 0 aliphatic carbocycles. The Morgan fingerprint density at radius 3 is 2.55 bits per heavy atom. The van der Waals surface area contributed by atoms with Crippen molar-refractivity contribution in [3.63, 3.8) is 0 Å². The maximum atomic E-state index is 9.20. The van der Waals surface area contributed by atoms with Crippen LogP contribution in [0.3, 0.4) is 0 Å². The summed E-state index contributed by atoms with van der Waals surface area (Å²) >= 11 is 0. The molecule has 0 saturated carbocycles. The van der Waals surface area contributed by atoms with Gasteiger partial charge in [0.25, 0.3) is 0 Å². The van der Waals surface area contributed by atoms with Crippen molar-refractivity contribution in [2.24, 2.45) is 0 Å². The zero-order valence-corrected chi connectivity index (χ0v) is 6.62. The van der Waals surface area contributed by atoms with E-state index >= 15 is 0 Å². The molecule has 1 unspecified atom stereocenters. The van der Waals surface area contributed by atoms with Gasteiger partial charge < -0.3 is 5.11 Å². The molecule has 2 nitrogen and oxygen atoms in total. The molecule has 0 spiro atoms. The Morgan fingerprint density at radius 2 is 2.00 bits per heavy atom. The fourth-order valence-corrected chi connectivity index (χ4v) is 0.939. The van der Waals surface area contributed by atoms with E-state index in [1.807, 2.05) is 30.3 Å². The first-order valence-electron chi connectivity index (χ1n) is 3.72. The lowest BCUT2D eigenvalue weighted by Crippen LogP contribution is -2.26. The summed E-state index contributed by atoms with van der Waals surface area (Å²) in [4.78, 5) is 0. The van der Waals surface area contributed by atoms with Crippen molar-refractivity contribution in [1.82, 2.24) is 5.32 Å². The van der Waals surface area contributed by atoms with Gasteiger partial charge >= 0.3 is 0 Å². The van der Waals surface area contributed by atoms with Gasteiger partial charge in [0.05, 0.1) is 0 Å². The Hall–Kier alpha value is -0.860. The van der Waals surface area contributed by atoms with Crippen molar-refractivity contribution in [2.75, 3.05) is 7.05 Å². The van der Waals surface area contributed by atoms with Gasteiger partial charge in [-0.15, -0.1) is 0 Å². The second-order valence-corrected chi connectivity index (χ2v) is 2.49. The van der Waals surface area contributed by atoms with Crippen LogP contribution < -0.4 is 5.32 Å². The second-order valence-electron chi connectivity index (χ2n) is 2.49. The van der Waals surface area contributed by atoms with E-state index < -0.39 is 6.23 Å². The summed E-state index contributed by atoms with van der Waals surface area (Å²) in [6, 6.07) is 9.91. The minimum atomic E-state index is -0.433. The van der Waals surface area contributed by atoms with Gasteiger partial charge in [-0.25, -0.2) is 0 Å². The highest BCUT2D eigenvalue weighted by molar-refractivity contribution is 5.15. The third-order valence-electron chi connectivity index (χ3n) is 1.61. The third kappa shape index (κ3) is 2.70. The zero-order valence-electron chi connectivity index (χ0n) is 6.62. The summed E-state index contributed by atoms with van der Waals surface area (Å²) in [6.07, 6.45) is 0.231. The van der Waals surface area contributed by atoms with Crippen LogP contribution in [-0.2, 0) is 6.42 Å². The normalized spacial score (nSPS) is 12.9. The molecule has 2 N–H and O–H groups in total. The van der Waals surface area contributed by atoms with Crippen LogP contribution in [0.25, 0.3) is 0 Å². The Labute approximate surface area is 66.9 Å². The molecule has 1 aromatic rings. The van der Waals surface area contributed by atoms with Gasteiger partial charge in [0.15, 0.2) is 0 Å². The van der Waals surface area contributed by atoms with Crippen LogP contribution in [0.5, 0.6) is 0 Å². The fraction of sp³-hybridized carbons (Fsp3) is 0.333. The summed E-state index contributed by atoms with van der Waals surface area (Å²) in [6.45, 7) is 0. The maximum Gasteiger partial charge on any atom is 0.108 e. The Balaban J connectivity index is 2.51. The fourth-order valence-electron chi connectivity index (χ4n) is 0.939. The van der Waals surface area contributed by atoms with Crippen molar-refractivity contribution in [3.05, 3.63) is 35.9 Å². The predicted molar refractivity (Wildman–Crippen MR) is 45.2 cm³/mol.